The first-order valence-corrected chi connectivity index (χ1v) is 7.04. The van der Waals surface area contributed by atoms with E-state index in [-0.39, 0.29) is 11.9 Å². The number of aliphatic carboxylic acids is 1. The van der Waals surface area contributed by atoms with E-state index in [0.29, 0.717) is 11.3 Å². The lowest BCUT2D eigenvalue weighted by Gasteiger charge is -2.20. The summed E-state index contributed by atoms with van der Waals surface area (Å²) in [6.45, 7) is 5.36. The molecule has 22 heavy (non-hydrogen) atoms. The van der Waals surface area contributed by atoms with Gasteiger partial charge in [-0.15, -0.1) is 0 Å². The molecule has 0 radical (unpaired) electrons. The average molecular weight is 301 g/mol. The number of benzene rings is 1. The first-order chi connectivity index (χ1) is 10.4. The second kappa shape index (κ2) is 6.43. The summed E-state index contributed by atoms with van der Waals surface area (Å²) in [6, 6.07) is 8.90. The maximum Gasteiger partial charge on any atom is 0.323 e. The fourth-order valence-electron chi connectivity index (χ4n) is 2.32. The van der Waals surface area contributed by atoms with Crippen LogP contribution < -0.4 is 4.90 Å². The molecule has 0 spiro atoms. The molecule has 0 saturated carbocycles. The van der Waals surface area contributed by atoms with Crippen LogP contribution in [0, 0.1) is 6.92 Å². The molecule has 0 aliphatic rings. The van der Waals surface area contributed by atoms with Gasteiger partial charge in [-0.2, -0.15) is 5.10 Å². The number of nitrogens with zero attached hydrogens (tertiary/aromatic N) is 3. The lowest BCUT2D eigenvalue weighted by Crippen LogP contribution is -2.36. The van der Waals surface area contributed by atoms with Crippen molar-refractivity contribution >= 4 is 17.6 Å². The molecule has 2 rings (SSSR count). The number of carboxylic acids is 1. The molecule has 0 aliphatic heterocycles. The van der Waals surface area contributed by atoms with Gasteiger partial charge in [-0.05, 0) is 32.9 Å². The van der Waals surface area contributed by atoms with Gasteiger partial charge < -0.3 is 5.11 Å². The van der Waals surface area contributed by atoms with Crippen molar-refractivity contribution in [1.82, 2.24) is 9.78 Å². The summed E-state index contributed by atoms with van der Waals surface area (Å²) >= 11 is 0. The molecule has 0 atom stereocenters. The number of carbonyl (C=O) groups is 2. The van der Waals surface area contributed by atoms with Crippen molar-refractivity contribution in [2.75, 3.05) is 11.4 Å². The van der Waals surface area contributed by atoms with E-state index in [1.807, 2.05) is 26.8 Å². The van der Waals surface area contributed by atoms with E-state index < -0.39 is 12.5 Å². The molecule has 1 N–H and O–H groups in total. The number of aromatic nitrogens is 2. The van der Waals surface area contributed by atoms with Crippen LogP contribution in [0.2, 0.25) is 0 Å². The van der Waals surface area contributed by atoms with Crippen LogP contribution in [0.15, 0.2) is 36.5 Å². The second-order valence-corrected chi connectivity index (χ2v) is 5.30. The molecule has 0 fully saturated rings. The minimum absolute atomic E-state index is 0.131. The van der Waals surface area contributed by atoms with Crippen LogP contribution in [0.3, 0.4) is 0 Å². The summed E-state index contributed by atoms with van der Waals surface area (Å²) in [5.41, 5.74) is 1.69. The van der Waals surface area contributed by atoms with Crippen molar-refractivity contribution in [1.29, 1.82) is 0 Å². The maximum atomic E-state index is 12.7. The highest BCUT2D eigenvalue weighted by atomic mass is 16.4. The Labute approximate surface area is 129 Å². The number of hydrogen-bond acceptors (Lipinski definition) is 3. The Morgan fingerprint density at radius 1 is 1.27 bits per heavy atom. The summed E-state index contributed by atoms with van der Waals surface area (Å²) in [4.78, 5) is 25.1. The Morgan fingerprint density at radius 3 is 2.41 bits per heavy atom. The minimum atomic E-state index is -1.06. The number of carbonyl (C=O) groups excluding carboxylic acids is 1. The molecule has 6 nitrogen and oxygen atoms in total. The van der Waals surface area contributed by atoms with E-state index in [1.165, 1.54) is 11.1 Å². The Morgan fingerprint density at radius 2 is 1.91 bits per heavy atom. The predicted molar refractivity (Wildman–Crippen MR) is 83.1 cm³/mol. The van der Waals surface area contributed by atoms with Crippen LogP contribution in [0.5, 0.6) is 0 Å². The first kappa shape index (κ1) is 15.8. The number of rotatable bonds is 5. The van der Waals surface area contributed by atoms with Gasteiger partial charge in [0.05, 0.1) is 11.8 Å². The Hall–Kier alpha value is -2.63. The van der Waals surface area contributed by atoms with Crippen LogP contribution in [0.1, 0.15) is 35.9 Å². The Bertz CT molecular complexity index is 677. The largest absolute Gasteiger partial charge is 0.480 e. The zero-order chi connectivity index (χ0) is 16.3. The lowest BCUT2D eigenvalue weighted by molar-refractivity contribution is -0.135. The lowest BCUT2D eigenvalue weighted by atomic mass is 10.2. The van der Waals surface area contributed by atoms with Gasteiger partial charge in [0, 0.05) is 17.4 Å². The van der Waals surface area contributed by atoms with Gasteiger partial charge in [-0.25, -0.2) is 0 Å². The fraction of sp³-hybridized carbons (Fsp3) is 0.312. The van der Waals surface area contributed by atoms with Crippen molar-refractivity contribution in [3.05, 3.63) is 47.8 Å². The summed E-state index contributed by atoms with van der Waals surface area (Å²) in [5.74, 6) is -1.43. The van der Waals surface area contributed by atoms with Crippen molar-refractivity contribution in [3.8, 4) is 0 Å². The number of para-hydroxylation sites is 1. The van der Waals surface area contributed by atoms with Crippen LogP contribution in [0.4, 0.5) is 5.69 Å². The van der Waals surface area contributed by atoms with Crippen LogP contribution >= 0.6 is 0 Å². The minimum Gasteiger partial charge on any atom is -0.480 e. The SMILES string of the molecule is Cc1c(C(=O)N(CC(=O)O)c2ccccc2)cnn1C(C)C. The highest BCUT2D eigenvalue weighted by Gasteiger charge is 2.24. The average Bonchev–Trinajstić information content (AvgIpc) is 2.86. The molecule has 0 aliphatic carbocycles. The van der Waals surface area contributed by atoms with Crippen LogP contribution in [-0.4, -0.2) is 33.3 Å². The van der Waals surface area contributed by atoms with E-state index in [2.05, 4.69) is 5.10 Å². The molecular formula is C16H19N3O3. The standard InChI is InChI=1S/C16H19N3O3/c1-11(2)19-12(3)14(9-17-19)16(22)18(10-15(20)21)13-7-5-4-6-8-13/h4-9,11H,10H2,1-3H3,(H,20,21). The molecule has 1 aromatic heterocycles. The Balaban J connectivity index is 2.40. The predicted octanol–water partition coefficient (Wildman–Crippen LogP) is 2.50. The van der Waals surface area contributed by atoms with Gasteiger partial charge in [0.15, 0.2) is 0 Å². The van der Waals surface area contributed by atoms with Gasteiger partial charge in [0.2, 0.25) is 0 Å². The molecule has 1 aromatic carbocycles. The number of carboxylic acid groups (broad SMARTS) is 1. The van der Waals surface area contributed by atoms with E-state index in [0.717, 1.165) is 5.69 Å². The zero-order valence-corrected chi connectivity index (χ0v) is 12.9. The van der Waals surface area contributed by atoms with Crippen molar-refractivity contribution < 1.29 is 14.7 Å². The Kier molecular flexibility index (Phi) is 4.60. The molecule has 1 heterocycles. The monoisotopic (exact) mass is 301 g/mol. The smallest absolute Gasteiger partial charge is 0.323 e. The third-order valence-electron chi connectivity index (χ3n) is 3.37. The van der Waals surface area contributed by atoms with Crippen molar-refractivity contribution in [2.45, 2.75) is 26.8 Å². The number of amides is 1. The van der Waals surface area contributed by atoms with E-state index in [9.17, 15) is 9.59 Å². The van der Waals surface area contributed by atoms with Gasteiger partial charge in [0.1, 0.15) is 6.54 Å². The molecule has 1 amide bonds. The second-order valence-electron chi connectivity index (χ2n) is 5.30. The summed E-state index contributed by atoms with van der Waals surface area (Å²) in [5, 5.41) is 13.3. The molecule has 2 aromatic rings. The summed E-state index contributed by atoms with van der Waals surface area (Å²) in [6.07, 6.45) is 1.50. The van der Waals surface area contributed by atoms with E-state index >= 15 is 0 Å². The summed E-state index contributed by atoms with van der Waals surface area (Å²) in [7, 11) is 0. The highest BCUT2D eigenvalue weighted by Crippen LogP contribution is 2.20. The van der Waals surface area contributed by atoms with Gasteiger partial charge in [-0.3, -0.25) is 19.2 Å². The van der Waals surface area contributed by atoms with Crippen LogP contribution in [-0.2, 0) is 4.79 Å². The third-order valence-corrected chi connectivity index (χ3v) is 3.37. The molecule has 116 valence electrons. The summed E-state index contributed by atoms with van der Waals surface area (Å²) < 4.78 is 1.75. The molecule has 0 unspecified atom stereocenters. The molecule has 0 saturated heterocycles. The van der Waals surface area contributed by atoms with Crippen LogP contribution in [0.25, 0.3) is 0 Å². The van der Waals surface area contributed by atoms with Crippen molar-refractivity contribution in [2.24, 2.45) is 0 Å². The van der Waals surface area contributed by atoms with Gasteiger partial charge in [-0.1, -0.05) is 18.2 Å². The maximum absolute atomic E-state index is 12.7. The molecule has 0 bridgehead atoms. The fourth-order valence-corrected chi connectivity index (χ4v) is 2.32. The van der Waals surface area contributed by atoms with E-state index in [1.54, 1.807) is 28.9 Å². The number of hydrogen-bond donors (Lipinski definition) is 1. The zero-order valence-electron chi connectivity index (χ0n) is 12.9. The molecular weight excluding hydrogens is 282 g/mol. The highest BCUT2D eigenvalue weighted by molar-refractivity contribution is 6.08. The van der Waals surface area contributed by atoms with E-state index in [4.69, 9.17) is 5.11 Å². The van der Waals surface area contributed by atoms with Crippen molar-refractivity contribution in [3.63, 3.8) is 0 Å². The number of anilines is 1. The van der Waals surface area contributed by atoms with Gasteiger partial charge in [0.25, 0.3) is 5.91 Å². The third kappa shape index (κ3) is 3.16. The topological polar surface area (TPSA) is 75.4 Å². The molecule has 6 heteroatoms. The first-order valence-electron chi connectivity index (χ1n) is 7.04. The normalized spacial score (nSPS) is 10.7. The van der Waals surface area contributed by atoms with Gasteiger partial charge >= 0.3 is 5.97 Å². The quantitative estimate of drug-likeness (QED) is 0.920.